The maximum absolute atomic E-state index is 13.3. The number of carbonyl (C=O) groups excluding carboxylic acids is 1. The van der Waals surface area contributed by atoms with E-state index in [1.165, 1.54) is 18.3 Å². The van der Waals surface area contributed by atoms with E-state index in [1.54, 1.807) is 74.7 Å². The zero-order valence-corrected chi connectivity index (χ0v) is 19.1. The number of rotatable bonds is 8. The number of ether oxygens (including phenoxy) is 1. The number of amides is 1. The number of aryl methyl sites for hydroxylation is 1. The minimum Gasteiger partial charge on any atom is -0.497 e. The molecule has 7 nitrogen and oxygen atoms in total. The van der Waals surface area contributed by atoms with Gasteiger partial charge in [-0.1, -0.05) is 41.9 Å². The highest BCUT2D eigenvalue weighted by Gasteiger charge is 2.28. The van der Waals surface area contributed by atoms with Gasteiger partial charge in [0.25, 0.3) is 15.9 Å². The third kappa shape index (κ3) is 5.66. The Morgan fingerprint density at radius 3 is 2.53 bits per heavy atom. The van der Waals surface area contributed by atoms with Crippen molar-refractivity contribution < 1.29 is 17.9 Å². The Morgan fingerprint density at radius 1 is 1.09 bits per heavy atom. The molecule has 0 fully saturated rings. The minimum absolute atomic E-state index is 0.0713. The molecule has 1 N–H and O–H groups in total. The number of anilines is 1. The average molecular weight is 472 g/mol. The molecule has 3 rings (SSSR count). The summed E-state index contributed by atoms with van der Waals surface area (Å²) in [6.07, 6.45) is 1.45. The molecule has 3 aromatic rings. The Kier molecular flexibility index (Phi) is 7.50. The summed E-state index contributed by atoms with van der Waals surface area (Å²) in [6.45, 7) is 1.27. The van der Waals surface area contributed by atoms with E-state index in [-0.39, 0.29) is 4.90 Å². The molecule has 166 valence electrons. The van der Waals surface area contributed by atoms with Gasteiger partial charge < -0.3 is 4.74 Å². The lowest BCUT2D eigenvalue weighted by Gasteiger charge is -2.25. The van der Waals surface area contributed by atoms with Gasteiger partial charge in [-0.3, -0.25) is 9.10 Å². The number of methoxy groups -OCH3 is 1. The van der Waals surface area contributed by atoms with Crippen LogP contribution in [0.25, 0.3) is 0 Å². The van der Waals surface area contributed by atoms with Crippen molar-refractivity contribution in [1.29, 1.82) is 0 Å². The van der Waals surface area contributed by atoms with E-state index in [2.05, 4.69) is 10.5 Å². The second-order valence-electron chi connectivity index (χ2n) is 6.83. The highest BCUT2D eigenvalue weighted by Crippen LogP contribution is 2.28. The quantitative estimate of drug-likeness (QED) is 0.397. The van der Waals surface area contributed by atoms with E-state index >= 15 is 0 Å². The van der Waals surface area contributed by atoms with E-state index in [0.717, 1.165) is 4.31 Å². The third-order valence-electron chi connectivity index (χ3n) is 4.54. The lowest BCUT2D eigenvalue weighted by atomic mass is 10.2. The third-order valence-corrected chi connectivity index (χ3v) is 6.55. The molecule has 0 aromatic heterocycles. The first kappa shape index (κ1) is 23.3. The monoisotopic (exact) mass is 471 g/mol. The molecule has 9 heteroatoms. The first-order valence-electron chi connectivity index (χ1n) is 9.61. The first-order valence-corrected chi connectivity index (χ1v) is 11.4. The van der Waals surface area contributed by atoms with Crippen LogP contribution in [0.15, 0.2) is 82.8 Å². The van der Waals surface area contributed by atoms with Crippen LogP contribution in [0.2, 0.25) is 5.02 Å². The molecule has 0 aliphatic heterocycles. The van der Waals surface area contributed by atoms with Crippen molar-refractivity contribution in [2.75, 3.05) is 18.0 Å². The Hall–Kier alpha value is -3.36. The number of carbonyl (C=O) groups is 1. The van der Waals surface area contributed by atoms with Crippen LogP contribution >= 0.6 is 11.6 Å². The lowest BCUT2D eigenvalue weighted by Crippen LogP contribution is -2.40. The number of benzene rings is 3. The topological polar surface area (TPSA) is 88.1 Å². The van der Waals surface area contributed by atoms with Crippen LogP contribution in [0.4, 0.5) is 5.69 Å². The summed E-state index contributed by atoms with van der Waals surface area (Å²) < 4.78 is 32.9. The molecule has 0 bridgehead atoms. The molecule has 0 saturated heterocycles. The summed E-state index contributed by atoms with van der Waals surface area (Å²) in [5.74, 6) is 0.0524. The summed E-state index contributed by atoms with van der Waals surface area (Å²) in [5.41, 5.74) is 4.06. The summed E-state index contributed by atoms with van der Waals surface area (Å²) >= 11 is 6.03. The Bertz CT molecular complexity index is 1230. The standard InChI is InChI=1S/C23H22ClN3O4S/c1-17-13-19(24)11-12-22(17)27(32(29,30)21-9-4-3-5-10-21)16-23(28)26-25-15-18-7-6-8-20(14-18)31-2/h3-15H,16H2,1-2H3,(H,26,28)/b25-15-. The van der Waals surface area contributed by atoms with Crippen molar-refractivity contribution >= 4 is 39.4 Å². The van der Waals surface area contributed by atoms with Gasteiger partial charge in [0.1, 0.15) is 12.3 Å². The van der Waals surface area contributed by atoms with Gasteiger partial charge in [0, 0.05) is 5.02 Å². The molecule has 1 amide bonds. The van der Waals surface area contributed by atoms with Gasteiger partial charge in [0.05, 0.1) is 23.9 Å². The molecule has 0 radical (unpaired) electrons. The van der Waals surface area contributed by atoms with Gasteiger partial charge in [0.15, 0.2) is 0 Å². The molecule has 0 aliphatic rings. The van der Waals surface area contributed by atoms with Crippen molar-refractivity contribution in [3.05, 3.63) is 88.9 Å². The molecule has 32 heavy (non-hydrogen) atoms. The smallest absolute Gasteiger partial charge is 0.264 e. The van der Waals surface area contributed by atoms with Crippen LogP contribution in [-0.4, -0.2) is 34.2 Å². The second-order valence-corrected chi connectivity index (χ2v) is 9.12. The molecular weight excluding hydrogens is 450 g/mol. The van der Waals surface area contributed by atoms with Crippen LogP contribution < -0.4 is 14.5 Å². The normalized spacial score (nSPS) is 11.3. The summed E-state index contributed by atoms with van der Waals surface area (Å²) in [4.78, 5) is 12.7. The van der Waals surface area contributed by atoms with Gasteiger partial charge in [-0.2, -0.15) is 5.10 Å². The number of nitrogens with one attached hydrogen (secondary N) is 1. The van der Waals surface area contributed by atoms with Gasteiger partial charge in [-0.15, -0.1) is 0 Å². The van der Waals surface area contributed by atoms with Gasteiger partial charge in [0.2, 0.25) is 0 Å². The first-order chi connectivity index (χ1) is 15.3. The fourth-order valence-corrected chi connectivity index (χ4v) is 4.72. The van der Waals surface area contributed by atoms with Gasteiger partial charge in [-0.05, 0) is 60.5 Å². The fraction of sp³-hybridized carbons (Fsp3) is 0.130. The van der Waals surface area contributed by atoms with Crippen molar-refractivity contribution in [3.63, 3.8) is 0 Å². The van der Waals surface area contributed by atoms with Crippen molar-refractivity contribution in [3.8, 4) is 5.75 Å². The maximum Gasteiger partial charge on any atom is 0.264 e. The molecular formula is C23H22ClN3O4S. The van der Waals surface area contributed by atoms with Crippen LogP contribution in [0.1, 0.15) is 11.1 Å². The second kappa shape index (κ2) is 10.3. The van der Waals surface area contributed by atoms with Gasteiger partial charge in [-0.25, -0.2) is 13.8 Å². The highest BCUT2D eigenvalue weighted by atomic mass is 35.5. The molecule has 0 unspecified atom stereocenters. The van der Waals surface area contributed by atoms with Gasteiger partial charge >= 0.3 is 0 Å². The number of hydrogen-bond acceptors (Lipinski definition) is 5. The molecule has 0 spiro atoms. The molecule has 0 heterocycles. The zero-order valence-electron chi connectivity index (χ0n) is 17.5. The Balaban J connectivity index is 1.85. The number of hydrazone groups is 1. The minimum atomic E-state index is -4.01. The van der Waals surface area contributed by atoms with Crippen LogP contribution in [0.5, 0.6) is 5.75 Å². The van der Waals surface area contributed by atoms with Crippen molar-refractivity contribution in [1.82, 2.24) is 5.43 Å². The fourth-order valence-electron chi connectivity index (χ4n) is 2.98. The molecule has 3 aromatic carbocycles. The lowest BCUT2D eigenvalue weighted by molar-refractivity contribution is -0.119. The van der Waals surface area contributed by atoms with Crippen LogP contribution in [0.3, 0.4) is 0 Å². The Morgan fingerprint density at radius 2 is 1.84 bits per heavy atom. The summed E-state index contributed by atoms with van der Waals surface area (Å²) in [7, 11) is -2.46. The number of nitrogens with zero attached hydrogens (tertiary/aromatic N) is 2. The average Bonchev–Trinajstić information content (AvgIpc) is 2.78. The molecule has 0 aliphatic carbocycles. The predicted octanol–water partition coefficient (Wildman–Crippen LogP) is 4.00. The summed E-state index contributed by atoms with van der Waals surface area (Å²) in [5, 5.41) is 4.40. The Labute approximate surface area is 192 Å². The largest absolute Gasteiger partial charge is 0.497 e. The van der Waals surface area contributed by atoms with E-state index in [0.29, 0.717) is 27.6 Å². The number of halogens is 1. The van der Waals surface area contributed by atoms with E-state index in [9.17, 15) is 13.2 Å². The molecule has 0 atom stereocenters. The van der Waals surface area contributed by atoms with Crippen molar-refractivity contribution in [2.45, 2.75) is 11.8 Å². The van der Waals surface area contributed by atoms with E-state index in [4.69, 9.17) is 16.3 Å². The summed E-state index contributed by atoms with van der Waals surface area (Å²) in [6, 6.07) is 19.8. The number of hydrogen-bond donors (Lipinski definition) is 1. The zero-order chi connectivity index (χ0) is 23.1. The molecule has 0 saturated carbocycles. The highest BCUT2D eigenvalue weighted by molar-refractivity contribution is 7.92. The van der Waals surface area contributed by atoms with Crippen LogP contribution in [0, 0.1) is 6.92 Å². The predicted molar refractivity (Wildman–Crippen MR) is 126 cm³/mol. The SMILES string of the molecule is COc1cccc(/C=N\NC(=O)CN(c2ccc(Cl)cc2C)S(=O)(=O)c2ccccc2)c1. The van der Waals surface area contributed by atoms with E-state index in [1.807, 2.05) is 0 Å². The van der Waals surface area contributed by atoms with Crippen molar-refractivity contribution in [2.24, 2.45) is 5.10 Å². The van der Waals surface area contributed by atoms with E-state index < -0.39 is 22.5 Å². The van der Waals surface area contributed by atoms with Crippen LogP contribution in [-0.2, 0) is 14.8 Å². The number of sulfonamides is 1. The maximum atomic E-state index is 13.3.